The molecule has 4 heteroatoms. The highest BCUT2D eigenvalue weighted by atomic mass is 16.2. The van der Waals surface area contributed by atoms with Gasteiger partial charge in [-0.2, -0.15) is 0 Å². The van der Waals surface area contributed by atoms with Gasteiger partial charge in [0.15, 0.2) is 0 Å². The number of nitrogens with zero attached hydrogens (tertiary/aromatic N) is 2. The first-order chi connectivity index (χ1) is 10.1. The quantitative estimate of drug-likeness (QED) is 0.799. The van der Waals surface area contributed by atoms with Crippen LogP contribution >= 0.6 is 0 Å². The van der Waals surface area contributed by atoms with E-state index in [9.17, 15) is 9.59 Å². The molecule has 0 atom stereocenters. The lowest BCUT2D eigenvalue weighted by Crippen LogP contribution is -2.49. The van der Waals surface area contributed by atoms with Crippen molar-refractivity contribution < 1.29 is 9.59 Å². The van der Waals surface area contributed by atoms with Crippen molar-refractivity contribution in [2.75, 3.05) is 26.2 Å². The lowest BCUT2D eigenvalue weighted by Gasteiger charge is -2.33. The number of benzene rings is 1. The zero-order chi connectivity index (χ0) is 15.2. The minimum Gasteiger partial charge on any atom is -0.339 e. The van der Waals surface area contributed by atoms with Crippen LogP contribution in [-0.2, 0) is 9.59 Å². The Balaban J connectivity index is 2.03. The Bertz CT molecular complexity index is 529. The van der Waals surface area contributed by atoms with E-state index < -0.39 is 0 Å². The molecule has 21 heavy (non-hydrogen) atoms. The van der Waals surface area contributed by atoms with Crippen LogP contribution in [0, 0.1) is 0 Å². The molecule has 0 aliphatic carbocycles. The average molecular weight is 286 g/mol. The Morgan fingerprint density at radius 3 is 2.14 bits per heavy atom. The van der Waals surface area contributed by atoms with Gasteiger partial charge < -0.3 is 9.80 Å². The van der Waals surface area contributed by atoms with Gasteiger partial charge in [0.2, 0.25) is 11.8 Å². The molecule has 0 radical (unpaired) electrons. The van der Waals surface area contributed by atoms with Crippen molar-refractivity contribution in [3.8, 4) is 0 Å². The van der Waals surface area contributed by atoms with Gasteiger partial charge in [-0.05, 0) is 17.6 Å². The third-order valence-electron chi connectivity index (χ3n) is 3.86. The standard InChI is InChI=1S/C17H22N2O2/c1-3-15(16-7-5-4-6-8-16)13-17(21)19-11-9-18(10-12-19)14(2)20/h4-8,13H,3,9-12H2,1-2H3/b15-13+. The fraction of sp³-hybridized carbons (Fsp3) is 0.412. The zero-order valence-electron chi connectivity index (χ0n) is 12.7. The number of rotatable bonds is 3. The van der Waals surface area contributed by atoms with Crippen molar-refractivity contribution >= 4 is 17.4 Å². The Labute approximate surface area is 126 Å². The topological polar surface area (TPSA) is 40.6 Å². The van der Waals surface area contributed by atoms with Crippen LogP contribution < -0.4 is 0 Å². The Hall–Kier alpha value is -2.10. The van der Waals surface area contributed by atoms with E-state index in [4.69, 9.17) is 0 Å². The predicted molar refractivity (Wildman–Crippen MR) is 83.5 cm³/mol. The second kappa shape index (κ2) is 7.07. The summed E-state index contributed by atoms with van der Waals surface area (Å²) < 4.78 is 0. The average Bonchev–Trinajstić information content (AvgIpc) is 2.53. The third kappa shape index (κ3) is 3.94. The summed E-state index contributed by atoms with van der Waals surface area (Å²) in [5, 5.41) is 0. The van der Waals surface area contributed by atoms with E-state index in [2.05, 4.69) is 6.92 Å². The molecule has 0 N–H and O–H groups in total. The van der Waals surface area contributed by atoms with Crippen LogP contribution in [0.5, 0.6) is 0 Å². The predicted octanol–water partition coefficient (Wildman–Crippen LogP) is 2.17. The summed E-state index contributed by atoms with van der Waals surface area (Å²) in [7, 11) is 0. The second-order valence-corrected chi connectivity index (χ2v) is 5.22. The van der Waals surface area contributed by atoms with Gasteiger partial charge in [0, 0.05) is 39.2 Å². The highest BCUT2D eigenvalue weighted by Crippen LogP contribution is 2.18. The number of allylic oxidation sites excluding steroid dienone is 1. The molecule has 1 aromatic carbocycles. The van der Waals surface area contributed by atoms with Crippen molar-refractivity contribution in [3.05, 3.63) is 42.0 Å². The molecule has 1 heterocycles. The van der Waals surface area contributed by atoms with E-state index in [1.54, 1.807) is 17.9 Å². The minimum atomic E-state index is 0.0407. The van der Waals surface area contributed by atoms with Gasteiger partial charge in [0.1, 0.15) is 0 Å². The first kappa shape index (κ1) is 15.3. The number of carbonyl (C=O) groups excluding carboxylic acids is 2. The molecular weight excluding hydrogens is 264 g/mol. The van der Waals surface area contributed by atoms with Gasteiger partial charge in [0.25, 0.3) is 0 Å². The maximum atomic E-state index is 12.4. The molecule has 0 spiro atoms. The van der Waals surface area contributed by atoms with Crippen molar-refractivity contribution in [1.29, 1.82) is 0 Å². The highest BCUT2D eigenvalue weighted by Gasteiger charge is 2.21. The normalized spacial score (nSPS) is 16.0. The largest absolute Gasteiger partial charge is 0.339 e. The van der Waals surface area contributed by atoms with Crippen molar-refractivity contribution in [2.45, 2.75) is 20.3 Å². The molecule has 4 nitrogen and oxygen atoms in total. The first-order valence-corrected chi connectivity index (χ1v) is 7.42. The highest BCUT2D eigenvalue weighted by molar-refractivity contribution is 5.95. The molecule has 1 aromatic rings. The molecule has 1 saturated heterocycles. The van der Waals surface area contributed by atoms with Gasteiger partial charge >= 0.3 is 0 Å². The monoisotopic (exact) mass is 286 g/mol. The van der Waals surface area contributed by atoms with Gasteiger partial charge in [-0.3, -0.25) is 9.59 Å². The molecule has 0 bridgehead atoms. The van der Waals surface area contributed by atoms with Gasteiger partial charge in [-0.1, -0.05) is 37.3 Å². The summed E-state index contributed by atoms with van der Waals surface area (Å²) in [4.78, 5) is 27.3. The minimum absolute atomic E-state index is 0.0407. The van der Waals surface area contributed by atoms with Crippen LogP contribution in [0.3, 0.4) is 0 Å². The summed E-state index contributed by atoms with van der Waals surface area (Å²) in [6, 6.07) is 9.98. The van der Waals surface area contributed by atoms with E-state index in [0.29, 0.717) is 26.2 Å². The Morgan fingerprint density at radius 2 is 1.62 bits per heavy atom. The summed E-state index contributed by atoms with van der Waals surface area (Å²) >= 11 is 0. The van der Waals surface area contributed by atoms with E-state index in [1.165, 1.54) is 0 Å². The van der Waals surface area contributed by atoms with E-state index >= 15 is 0 Å². The maximum absolute atomic E-state index is 12.4. The molecular formula is C17H22N2O2. The molecule has 0 saturated carbocycles. The molecule has 112 valence electrons. The van der Waals surface area contributed by atoms with Crippen LogP contribution in [0.2, 0.25) is 0 Å². The second-order valence-electron chi connectivity index (χ2n) is 5.22. The molecule has 0 aromatic heterocycles. The lowest BCUT2D eigenvalue weighted by atomic mass is 10.0. The number of piperazine rings is 1. The van der Waals surface area contributed by atoms with Crippen molar-refractivity contribution in [1.82, 2.24) is 9.80 Å². The maximum Gasteiger partial charge on any atom is 0.246 e. The molecule has 0 unspecified atom stereocenters. The third-order valence-corrected chi connectivity index (χ3v) is 3.86. The van der Waals surface area contributed by atoms with Crippen LogP contribution in [0.15, 0.2) is 36.4 Å². The molecule has 1 aliphatic heterocycles. The fourth-order valence-corrected chi connectivity index (χ4v) is 2.52. The van der Waals surface area contributed by atoms with E-state index in [-0.39, 0.29) is 11.8 Å². The Kier molecular flexibility index (Phi) is 5.14. The summed E-state index contributed by atoms with van der Waals surface area (Å²) in [6.45, 7) is 6.10. The summed E-state index contributed by atoms with van der Waals surface area (Å²) in [6.07, 6.45) is 2.56. The van der Waals surface area contributed by atoms with E-state index in [1.807, 2.05) is 35.2 Å². The van der Waals surface area contributed by atoms with Gasteiger partial charge in [0.05, 0.1) is 0 Å². The smallest absolute Gasteiger partial charge is 0.246 e. The van der Waals surface area contributed by atoms with Crippen LogP contribution in [0.4, 0.5) is 0 Å². The fourth-order valence-electron chi connectivity index (χ4n) is 2.52. The Morgan fingerprint density at radius 1 is 1.05 bits per heavy atom. The number of carbonyl (C=O) groups is 2. The molecule has 1 fully saturated rings. The zero-order valence-corrected chi connectivity index (χ0v) is 12.7. The van der Waals surface area contributed by atoms with Crippen LogP contribution in [0.25, 0.3) is 5.57 Å². The van der Waals surface area contributed by atoms with Gasteiger partial charge in [-0.25, -0.2) is 0 Å². The molecule has 2 amide bonds. The van der Waals surface area contributed by atoms with Crippen LogP contribution in [-0.4, -0.2) is 47.8 Å². The van der Waals surface area contributed by atoms with E-state index in [0.717, 1.165) is 17.6 Å². The first-order valence-electron chi connectivity index (χ1n) is 7.42. The number of hydrogen-bond donors (Lipinski definition) is 0. The molecule has 2 rings (SSSR count). The van der Waals surface area contributed by atoms with Crippen molar-refractivity contribution in [3.63, 3.8) is 0 Å². The summed E-state index contributed by atoms with van der Waals surface area (Å²) in [5.41, 5.74) is 2.14. The van der Waals surface area contributed by atoms with Gasteiger partial charge in [-0.15, -0.1) is 0 Å². The number of amides is 2. The number of hydrogen-bond acceptors (Lipinski definition) is 2. The lowest BCUT2D eigenvalue weighted by molar-refractivity contribution is -0.135. The van der Waals surface area contributed by atoms with Crippen molar-refractivity contribution in [2.24, 2.45) is 0 Å². The summed E-state index contributed by atoms with van der Waals surface area (Å²) in [5.74, 6) is 0.120. The SMILES string of the molecule is CC/C(=C\C(=O)N1CCN(C(C)=O)CC1)c1ccccc1. The molecule has 1 aliphatic rings. The van der Waals surface area contributed by atoms with Crippen LogP contribution in [0.1, 0.15) is 25.8 Å².